The first-order chi connectivity index (χ1) is 11.8. The highest BCUT2D eigenvalue weighted by Gasteiger charge is 2.23. The summed E-state index contributed by atoms with van der Waals surface area (Å²) in [6, 6.07) is 9.32. The molecule has 2 aromatic rings. The van der Waals surface area contributed by atoms with E-state index in [9.17, 15) is 24.1 Å². The number of anilines is 1. The third kappa shape index (κ3) is 4.17. The number of primary amides is 1. The monoisotopic (exact) mass is 345 g/mol. The van der Waals surface area contributed by atoms with Crippen LogP contribution in [-0.2, 0) is 4.79 Å². The molecule has 2 rings (SSSR count). The zero-order valence-corrected chi connectivity index (χ0v) is 13.4. The normalized spacial score (nSPS) is 10.3. The van der Waals surface area contributed by atoms with Gasteiger partial charge in [-0.1, -0.05) is 6.07 Å². The van der Waals surface area contributed by atoms with Crippen LogP contribution in [0.4, 0.5) is 15.8 Å². The lowest BCUT2D eigenvalue weighted by Crippen LogP contribution is -2.34. The van der Waals surface area contributed by atoms with Crippen LogP contribution in [0.15, 0.2) is 42.5 Å². The van der Waals surface area contributed by atoms with Gasteiger partial charge in [-0.2, -0.15) is 0 Å². The van der Waals surface area contributed by atoms with Crippen LogP contribution >= 0.6 is 0 Å². The van der Waals surface area contributed by atoms with E-state index in [1.165, 1.54) is 54.3 Å². The molecule has 0 aromatic heterocycles. The van der Waals surface area contributed by atoms with Gasteiger partial charge in [0.05, 0.1) is 4.92 Å². The molecule has 0 saturated carbocycles. The maximum atomic E-state index is 13.1. The van der Waals surface area contributed by atoms with Crippen molar-refractivity contribution in [2.75, 3.05) is 11.4 Å². The van der Waals surface area contributed by atoms with Crippen molar-refractivity contribution in [2.24, 2.45) is 5.73 Å². The van der Waals surface area contributed by atoms with Gasteiger partial charge in [0.25, 0.3) is 11.6 Å². The number of hydrogen-bond donors (Lipinski definition) is 1. The van der Waals surface area contributed by atoms with E-state index in [1.807, 2.05) is 0 Å². The lowest BCUT2D eigenvalue weighted by molar-refractivity contribution is -0.385. The molecular weight excluding hydrogens is 329 g/mol. The molecule has 130 valence electrons. The number of amides is 2. The molecule has 2 aromatic carbocycles. The maximum Gasteiger partial charge on any atom is 0.273 e. The van der Waals surface area contributed by atoms with Gasteiger partial charge in [0.1, 0.15) is 5.82 Å². The van der Waals surface area contributed by atoms with E-state index >= 15 is 0 Å². The number of rotatable bonds is 6. The van der Waals surface area contributed by atoms with Gasteiger partial charge in [0.15, 0.2) is 0 Å². The van der Waals surface area contributed by atoms with E-state index in [4.69, 9.17) is 5.73 Å². The SMILES string of the molecule is Cc1c(C(=O)N(CCC(N)=O)c2ccc(F)cc2)cccc1[N+](=O)[O-]. The third-order valence-electron chi connectivity index (χ3n) is 3.70. The molecule has 2 amide bonds. The molecule has 0 spiro atoms. The second-order valence-corrected chi connectivity index (χ2v) is 5.36. The molecule has 0 radical (unpaired) electrons. The summed E-state index contributed by atoms with van der Waals surface area (Å²) in [4.78, 5) is 35.7. The molecule has 7 nitrogen and oxygen atoms in total. The number of nitro benzene ring substituents is 1. The minimum Gasteiger partial charge on any atom is -0.370 e. The molecule has 0 saturated heterocycles. The Balaban J connectivity index is 2.45. The highest BCUT2D eigenvalue weighted by molar-refractivity contribution is 6.07. The molecule has 0 aliphatic heterocycles. The van der Waals surface area contributed by atoms with Crippen LogP contribution in [0.5, 0.6) is 0 Å². The van der Waals surface area contributed by atoms with Crippen molar-refractivity contribution >= 4 is 23.2 Å². The van der Waals surface area contributed by atoms with E-state index in [1.54, 1.807) is 0 Å². The number of nitrogens with zero attached hydrogens (tertiary/aromatic N) is 2. The van der Waals surface area contributed by atoms with Crippen molar-refractivity contribution in [1.29, 1.82) is 0 Å². The zero-order chi connectivity index (χ0) is 18.6. The summed E-state index contributed by atoms with van der Waals surface area (Å²) in [7, 11) is 0. The van der Waals surface area contributed by atoms with E-state index in [-0.39, 0.29) is 29.8 Å². The number of nitrogens with two attached hydrogens (primary N) is 1. The number of benzene rings is 2. The Morgan fingerprint density at radius 3 is 2.40 bits per heavy atom. The Morgan fingerprint density at radius 2 is 1.84 bits per heavy atom. The van der Waals surface area contributed by atoms with Gasteiger partial charge in [-0.05, 0) is 37.3 Å². The molecule has 0 heterocycles. The lowest BCUT2D eigenvalue weighted by Gasteiger charge is -2.23. The van der Waals surface area contributed by atoms with E-state index in [2.05, 4.69) is 0 Å². The van der Waals surface area contributed by atoms with Crippen molar-refractivity contribution in [2.45, 2.75) is 13.3 Å². The van der Waals surface area contributed by atoms with Gasteiger partial charge in [-0.25, -0.2) is 4.39 Å². The van der Waals surface area contributed by atoms with Crippen molar-refractivity contribution in [3.8, 4) is 0 Å². The first-order valence-electron chi connectivity index (χ1n) is 7.41. The van der Waals surface area contributed by atoms with Gasteiger partial charge in [0, 0.05) is 35.8 Å². The Hall–Kier alpha value is -3.29. The largest absolute Gasteiger partial charge is 0.370 e. The summed E-state index contributed by atoms with van der Waals surface area (Å²) in [5.41, 5.74) is 5.67. The van der Waals surface area contributed by atoms with Crippen molar-refractivity contribution in [3.05, 3.63) is 69.5 Å². The number of carbonyl (C=O) groups excluding carboxylic acids is 2. The quantitative estimate of drug-likeness (QED) is 0.641. The molecule has 0 unspecified atom stereocenters. The summed E-state index contributed by atoms with van der Waals surface area (Å²) < 4.78 is 13.1. The van der Waals surface area contributed by atoms with E-state index in [0.717, 1.165) is 0 Å². The van der Waals surface area contributed by atoms with Crippen molar-refractivity contribution in [3.63, 3.8) is 0 Å². The highest BCUT2D eigenvalue weighted by atomic mass is 19.1. The molecular formula is C17H16FN3O4. The average Bonchev–Trinajstić information content (AvgIpc) is 2.56. The highest BCUT2D eigenvalue weighted by Crippen LogP contribution is 2.25. The predicted octanol–water partition coefficient (Wildman–Crippen LogP) is 2.56. The third-order valence-corrected chi connectivity index (χ3v) is 3.70. The molecule has 0 atom stereocenters. The fourth-order valence-electron chi connectivity index (χ4n) is 2.39. The van der Waals surface area contributed by atoms with Gasteiger partial charge < -0.3 is 10.6 Å². The number of halogens is 1. The number of nitro groups is 1. The van der Waals surface area contributed by atoms with Gasteiger partial charge in [0.2, 0.25) is 5.91 Å². The smallest absolute Gasteiger partial charge is 0.273 e. The van der Waals surface area contributed by atoms with E-state index < -0.39 is 22.6 Å². The molecule has 0 aliphatic rings. The summed E-state index contributed by atoms with van der Waals surface area (Å²) >= 11 is 0. The van der Waals surface area contributed by atoms with Crippen molar-refractivity contribution in [1.82, 2.24) is 0 Å². The molecule has 25 heavy (non-hydrogen) atoms. The first-order valence-corrected chi connectivity index (χ1v) is 7.41. The van der Waals surface area contributed by atoms with Crippen LogP contribution in [0.1, 0.15) is 22.3 Å². The average molecular weight is 345 g/mol. The number of hydrogen-bond acceptors (Lipinski definition) is 4. The van der Waals surface area contributed by atoms with Crippen LogP contribution in [0, 0.1) is 22.9 Å². The molecule has 0 aliphatic carbocycles. The maximum absolute atomic E-state index is 13.1. The van der Waals surface area contributed by atoms with Gasteiger partial charge in [-0.3, -0.25) is 19.7 Å². The van der Waals surface area contributed by atoms with Gasteiger partial charge in [-0.15, -0.1) is 0 Å². The van der Waals surface area contributed by atoms with Crippen LogP contribution in [0.3, 0.4) is 0 Å². The Kier molecular flexibility index (Phi) is 5.43. The predicted molar refractivity (Wildman–Crippen MR) is 89.7 cm³/mol. The Morgan fingerprint density at radius 1 is 1.20 bits per heavy atom. The summed E-state index contributed by atoms with van der Waals surface area (Å²) in [5, 5.41) is 11.1. The standard InChI is InChI=1S/C17H16FN3O4/c1-11-14(3-2-4-15(11)21(24)25)17(23)20(10-9-16(19)22)13-7-5-12(18)6-8-13/h2-8H,9-10H2,1H3,(H2,19,22). The second kappa shape index (κ2) is 7.52. The fraction of sp³-hybridized carbons (Fsp3) is 0.176. The minimum absolute atomic E-state index is 0.0259. The summed E-state index contributed by atoms with van der Waals surface area (Å²) in [6.45, 7) is 1.45. The minimum atomic E-state index is -0.601. The second-order valence-electron chi connectivity index (χ2n) is 5.36. The Labute approximate surface area is 143 Å². The zero-order valence-electron chi connectivity index (χ0n) is 13.4. The molecule has 0 fully saturated rings. The van der Waals surface area contributed by atoms with E-state index in [0.29, 0.717) is 5.69 Å². The fourth-order valence-corrected chi connectivity index (χ4v) is 2.39. The number of carbonyl (C=O) groups is 2. The van der Waals surface area contributed by atoms with Crippen LogP contribution < -0.4 is 10.6 Å². The van der Waals surface area contributed by atoms with Crippen LogP contribution in [0.2, 0.25) is 0 Å². The molecule has 0 bridgehead atoms. The molecule has 8 heteroatoms. The van der Waals surface area contributed by atoms with Gasteiger partial charge >= 0.3 is 0 Å². The molecule has 2 N–H and O–H groups in total. The Bertz CT molecular complexity index is 821. The first kappa shape index (κ1) is 18.1. The summed E-state index contributed by atoms with van der Waals surface area (Å²) in [6.07, 6.45) is -0.100. The summed E-state index contributed by atoms with van der Waals surface area (Å²) in [5.74, 6) is -1.61. The lowest BCUT2D eigenvalue weighted by atomic mass is 10.0. The van der Waals surface area contributed by atoms with Crippen LogP contribution in [-0.4, -0.2) is 23.3 Å². The van der Waals surface area contributed by atoms with Crippen LogP contribution in [0.25, 0.3) is 0 Å². The van der Waals surface area contributed by atoms with Crippen molar-refractivity contribution < 1.29 is 18.9 Å². The topological polar surface area (TPSA) is 107 Å².